The number of likely N-dealkylation sites (tertiary alicyclic amines) is 1. The van der Waals surface area contributed by atoms with Gasteiger partial charge in [-0.25, -0.2) is 8.42 Å². The van der Waals surface area contributed by atoms with Crippen molar-refractivity contribution < 1.29 is 13.2 Å². The first-order valence-electron chi connectivity index (χ1n) is 10.00. The molecule has 0 saturated carbocycles. The van der Waals surface area contributed by atoms with Crippen molar-refractivity contribution in [2.24, 2.45) is 0 Å². The Morgan fingerprint density at radius 2 is 1.42 bits per heavy atom. The number of carbonyl (C=O) groups is 1. The fourth-order valence-electron chi connectivity index (χ4n) is 3.84. The van der Waals surface area contributed by atoms with E-state index in [-0.39, 0.29) is 5.91 Å². The largest absolute Gasteiger partial charge is 0.339 e. The third-order valence-electron chi connectivity index (χ3n) is 5.62. The molecule has 1 aliphatic heterocycles. The van der Waals surface area contributed by atoms with Gasteiger partial charge in [-0.05, 0) is 60.4 Å². The molecule has 7 heteroatoms. The van der Waals surface area contributed by atoms with Gasteiger partial charge in [-0.1, -0.05) is 59.6 Å². The van der Waals surface area contributed by atoms with Gasteiger partial charge in [0.1, 0.15) is 0 Å². The van der Waals surface area contributed by atoms with E-state index in [0.717, 1.165) is 11.1 Å². The van der Waals surface area contributed by atoms with Gasteiger partial charge in [-0.2, -0.15) is 0 Å². The molecular weight excluding hydrogens is 453 g/mol. The predicted octanol–water partition coefficient (Wildman–Crippen LogP) is 5.74. The molecule has 0 spiro atoms. The van der Waals surface area contributed by atoms with Crippen LogP contribution in [0.2, 0.25) is 10.0 Å². The zero-order valence-electron chi connectivity index (χ0n) is 16.7. The standard InChI is InChI=1S/C24H21Cl2NO3S/c25-22-11-10-19(16-23(22)26)17-6-8-18(9-7-17)24(28)27-14-12-21(13-15-27)31(29,30)20-4-2-1-3-5-20/h1-11,16,21H,12-15H2. The lowest BCUT2D eigenvalue weighted by Crippen LogP contribution is -2.42. The molecule has 3 aromatic rings. The number of amides is 1. The Morgan fingerprint density at radius 3 is 2.03 bits per heavy atom. The van der Waals surface area contributed by atoms with Crippen LogP contribution in [-0.4, -0.2) is 37.6 Å². The van der Waals surface area contributed by atoms with E-state index in [9.17, 15) is 13.2 Å². The topological polar surface area (TPSA) is 54.5 Å². The molecule has 1 saturated heterocycles. The minimum Gasteiger partial charge on any atom is -0.339 e. The number of benzene rings is 3. The van der Waals surface area contributed by atoms with Crippen molar-refractivity contribution in [3.05, 3.63) is 88.4 Å². The van der Waals surface area contributed by atoms with Crippen molar-refractivity contribution in [3.8, 4) is 11.1 Å². The highest BCUT2D eigenvalue weighted by Gasteiger charge is 2.32. The molecule has 4 nitrogen and oxygen atoms in total. The fraction of sp³-hybridized carbons (Fsp3) is 0.208. The smallest absolute Gasteiger partial charge is 0.253 e. The SMILES string of the molecule is O=C(c1ccc(-c2ccc(Cl)c(Cl)c2)cc1)N1CCC(S(=O)(=O)c2ccccc2)CC1. The Labute approximate surface area is 192 Å². The van der Waals surface area contributed by atoms with Gasteiger partial charge >= 0.3 is 0 Å². The predicted molar refractivity (Wildman–Crippen MR) is 124 cm³/mol. The van der Waals surface area contributed by atoms with Crippen molar-refractivity contribution in [2.75, 3.05) is 13.1 Å². The fourth-order valence-corrected chi connectivity index (χ4v) is 5.89. The molecule has 0 aliphatic carbocycles. The third-order valence-corrected chi connectivity index (χ3v) is 8.64. The highest BCUT2D eigenvalue weighted by Crippen LogP contribution is 2.29. The first-order chi connectivity index (χ1) is 14.9. The molecule has 1 amide bonds. The van der Waals surface area contributed by atoms with E-state index in [1.807, 2.05) is 18.2 Å². The summed E-state index contributed by atoms with van der Waals surface area (Å²) < 4.78 is 25.7. The molecule has 0 bridgehead atoms. The minimum atomic E-state index is -3.38. The Morgan fingerprint density at radius 1 is 0.806 bits per heavy atom. The van der Waals surface area contributed by atoms with Crippen LogP contribution in [0, 0.1) is 0 Å². The molecule has 0 aromatic heterocycles. The number of hydrogen-bond acceptors (Lipinski definition) is 3. The van der Waals surface area contributed by atoms with Crippen LogP contribution in [0.3, 0.4) is 0 Å². The molecule has 4 rings (SSSR count). The zero-order valence-corrected chi connectivity index (χ0v) is 19.0. The lowest BCUT2D eigenvalue weighted by Gasteiger charge is -2.31. The maximum Gasteiger partial charge on any atom is 0.253 e. The van der Waals surface area contributed by atoms with Gasteiger partial charge in [0.25, 0.3) is 5.91 Å². The summed E-state index contributed by atoms with van der Waals surface area (Å²) in [5.41, 5.74) is 2.43. The van der Waals surface area contributed by atoms with E-state index in [2.05, 4.69) is 0 Å². The van der Waals surface area contributed by atoms with Crippen LogP contribution < -0.4 is 0 Å². The number of halogens is 2. The normalized spacial score (nSPS) is 15.1. The zero-order chi connectivity index (χ0) is 22.0. The van der Waals surface area contributed by atoms with E-state index < -0.39 is 15.1 Å². The number of piperidine rings is 1. The Kier molecular flexibility index (Phi) is 6.37. The second kappa shape index (κ2) is 9.03. The average Bonchev–Trinajstić information content (AvgIpc) is 2.81. The third kappa shape index (κ3) is 4.64. The van der Waals surface area contributed by atoms with Crippen LogP contribution in [0.5, 0.6) is 0 Å². The Hall–Kier alpha value is -2.34. The second-order valence-corrected chi connectivity index (χ2v) is 10.6. The summed E-state index contributed by atoms with van der Waals surface area (Å²) in [6, 6.07) is 21.2. The Balaban J connectivity index is 1.42. The average molecular weight is 474 g/mol. The summed E-state index contributed by atoms with van der Waals surface area (Å²) in [6.45, 7) is 0.841. The first kappa shape index (κ1) is 21.9. The lowest BCUT2D eigenvalue weighted by molar-refractivity contribution is 0.0725. The maximum absolute atomic E-state index is 12.9. The van der Waals surface area contributed by atoms with Crippen molar-refractivity contribution in [3.63, 3.8) is 0 Å². The van der Waals surface area contributed by atoms with Gasteiger partial charge in [-0.3, -0.25) is 4.79 Å². The van der Waals surface area contributed by atoms with Gasteiger partial charge in [0.2, 0.25) is 0 Å². The van der Waals surface area contributed by atoms with Crippen molar-refractivity contribution in [1.29, 1.82) is 0 Å². The molecule has 1 aliphatic rings. The number of nitrogens with zero attached hydrogens (tertiary/aromatic N) is 1. The molecule has 1 fully saturated rings. The highest BCUT2D eigenvalue weighted by atomic mass is 35.5. The van der Waals surface area contributed by atoms with Gasteiger partial charge in [0.05, 0.1) is 20.2 Å². The number of hydrogen-bond donors (Lipinski definition) is 0. The highest BCUT2D eigenvalue weighted by molar-refractivity contribution is 7.92. The van der Waals surface area contributed by atoms with Crippen LogP contribution >= 0.6 is 23.2 Å². The second-order valence-electron chi connectivity index (χ2n) is 7.56. The Bertz CT molecular complexity index is 1190. The van der Waals surface area contributed by atoms with Gasteiger partial charge in [0, 0.05) is 18.7 Å². The van der Waals surface area contributed by atoms with Gasteiger partial charge < -0.3 is 4.90 Å². The summed E-state index contributed by atoms with van der Waals surface area (Å²) in [5, 5.41) is 0.513. The molecule has 160 valence electrons. The monoisotopic (exact) mass is 473 g/mol. The number of carbonyl (C=O) groups excluding carboxylic acids is 1. The quantitative estimate of drug-likeness (QED) is 0.485. The van der Waals surface area contributed by atoms with Gasteiger partial charge in [0.15, 0.2) is 9.84 Å². The minimum absolute atomic E-state index is 0.0868. The van der Waals surface area contributed by atoms with E-state index in [4.69, 9.17) is 23.2 Å². The first-order valence-corrected chi connectivity index (χ1v) is 12.3. The molecule has 3 aromatic carbocycles. The summed E-state index contributed by atoms with van der Waals surface area (Å²) in [4.78, 5) is 15.0. The molecule has 31 heavy (non-hydrogen) atoms. The van der Waals surface area contributed by atoms with E-state index in [0.29, 0.717) is 46.4 Å². The van der Waals surface area contributed by atoms with Crippen LogP contribution in [0.25, 0.3) is 11.1 Å². The summed E-state index contributed by atoms with van der Waals surface area (Å²) >= 11 is 12.1. The van der Waals surface area contributed by atoms with E-state index in [1.54, 1.807) is 59.5 Å². The molecule has 1 heterocycles. The number of rotatable bonds is 4. The van der Waals surface area contributed by atoms with Crippen LogP contribution in [0.4, 0.5) is 0 Å². The van der Waals surface area contributed by atoms with Crippen LogP contribution in [0.1, 0.15) is 23.2 Å². The summed E-state index contributed by atoms with van der Waals surface area (Å²) in [6.07, 6.45) is 0.870. The van der Waals surface area contributed by atoms with Crippen molar-refractivity contribution >= 4 is 38.9 Å². The summed E-state index contributed by atoms with van der Waals surface area (Å²) in [5.74, 6) is -0.0868. The van der Waals surface area contributed by atoms with E-state index >= 15 is 0 Å². The van der Waals surface area contributed by atoms with Crippen LogP contribution in [0.15, 0.2) is 77.7 Å². The maximum atomic E-state index is 12.9. The molecule has 0 unspecified atom stereocenters. The van der Waals surface area contributed by atoms with Gasteiger partial charge in [-0.15, -0.1) is 0 Å². The molecule has 0 radical (unpaired) electrons. The molecule has 0 atom stereocenters. The number of sulfone groups is 1. The molecular formula is C24H21Cl2NO3S. The summed E-state index contributed by atoms with van der Waals surface area (Å²) in [7, 11) is -3.38. The van der Waals surface area contributed by atoms with Crippen molar-refractivity contribution in [2.45, 2.75) is 23.0 Å². The van der Waals surface area contributed by atoms with Crippen molar-refractivity contribution in [1.82, 2.24) is 4.90 Å². The lowest BCUT2D eigenvalue weighted by atomic mass is 10.0. The van der Waals surface area contributed by atoms with Crippen LogP contribution in [-0.2, 0) is 9.84 Å². The van der Waals surface area contributed by atoms with E-state index in [1.165, 1.54) is 0 Å². The molecule has 0 N–H and O–H groups in total.